The van der Waals surface area contributed by atoms with Gasteiger partial charge in [-0.25, -0.2) is 19.2 Å². The Morgan fingerprint density at radius 3 is 2.72 bits per heavy atom. The summed E-state index contributed by atoms with van der Waals surface area (Å²) >= 11 is 0. The lowest BCUT2D eigenvalue weighted by atomic mass is 9.99. The van der Waals surface area contributed by atoms with Gasteiger partial charge >= 0.3 is 6.09 Å². The van der Waals surface area contributed by atoms with Crippen LogP contribution in [0.5, 0.6) is 5.88 Å². The number of likely N-dealkylation sites (tertiary alicyclic amines) is 1. The Hall–Kier alpha value is -4.49. The highest BCUT2D eigenvalue weighted by molar-refractivity contribution is 5.82. The number of hydrogen-bond acceptors (Lipinski definition) is 6. The number of carbonyl (C=O) groups is 1. The van der Waals surface area contributed by atoms with Gasteiger partial charge in [0.25, 0.3) is 0 Å². The van der Waals surface area contributed by atoms with E-state index in [1.165, 1.54) is 13.1 Å². The van der Waals surface area contributed by atoms with Gasteiger partial charge in [-0.05, 0) is 44.6 Å². The van der Waals surface area contributed by atoms with Crippen molar-refractivity contribution in [3.05, 3.63) is 71.9 Å². The number of benzene rings is 2. The Labute approximate surface area is 225 Å². The Balaban J connectivity index is 1.59. The summed E-state index contributed by atoms with van der Waals surface area (Å²) in [5, 5.41) is 18.4. The topological polar surface area (TPSA) is 107 Å². The number of amides is 1. The predicted octanol–water partition coefficient (Wildman–Crippen LogP) is 4.90. The van der Waals surface area contributed by atoms with E-state index < -0.39 is 11.9 Å². The van der Waals surface area contributed by atoms with Crippen LogP contribution in [0.15, 0.2) is 55.0 Å². The number of carboxylic acid groups (broad SMARTS) is 1. The second-order valence-electron chi connectivity index (χ2n) is 9.98. The SMILES string of the molecule is CN1CCC[C@@H](COc2nc(-c3ccc(C#N)cc3)c(-c3ccc(CN(C)C(=O)O)c(F)c3)n3cncc23)C1. The lowest BCUT2D eigenvalue weighted by Crippen LogP contribution is -2.34. The van der Waals surface area contributed by atoms with Gasteiger partial charge in [0.2, 0.25) is 5.88 Å². The van der Waals surface area contributed by atoms with E-state index in [1.807, 2.05) is 4.40 Å². The van der Waals surface area contributed by atoms with Crippen LogP contribution in [-0.4, -0.2) is 69.2 Å². The van der Waals surface area contributed by atoms with Crippen LogP contribution in [-0.2, 0) is 6.54 Å². The minimum Gasteiger partial charge on any atom is -0.476 e. The van der Waals surface area contributed by atoms with Crippen LogP contribution in [0.4, 0.5) is 9.18 Å². The first kappa shape index (κ1) is 26.1. The maximum Gasteiger partial charge on any atom is 0.407 e. The summed E-state index contributed by atoms with van der Waals surface area (Å²) in [6, 6.07) is 13.9. The zero-order valence-electron chi connectivity index (χ0n) is 21.8. The third-order valence-electron chi connectivity index (χ3n) is 7.06. The molecule has 2 aromatic carbocycles. The van der Waals surface area contributed by atoms with Crippen molar-refractivity contribution in [3.63, 3.8) is 0 Å². The molecule has 0 radical (unpaired) electrons. The summed E-state index contributed by atoms with van der Waals surface area (Å²) in [5.74, 6) is 0.294. The number of halogens is 1. The van der Waals surface area contributed by atoms with Crippen LogP contribution < -0.4 is 4.74 Å². The molecule has 1 fully saturated rings. The number of piperidine rings is 1. The molecule has 1 saturated heterocycles. The van der Waals surface area contributed by atoms with Crippen molar-refractivity contribution in [2.75, 3.05) is 33.8 Å². The summed E-state index contributed by atoms with van der Waals surface area (Å²) in [4.78, 5) is 23.8. The van der Waals surface area contributed by atoms with Crippen molar-refractivity contribution in [1.82, 2.24) is 24.2 Å². The highest BCUT2D eigenvalue weighted by Gasteiger charge is 2.22. The summed E-state index contributed by atoms with van der Waals surface area (Å²) in [5.41, 5.74) is 3.86. The third kappa shape index (κ3) is 5.54. The molecule has 3 heterocycles. The maximum atomic E-state index is 15.2. The van der Waals surface area contributed by atoms with E-state index in [-0.39, 0.29) is 12.1 Å². The molecule has 4 aromatic rings. The minimum absolute atomic E-state index is 0.0776. The van der Waals surface area contributed by atoms with Gasteiger partial charge in [0, 0.05) is 36.2 Å². The molecule has 0 saturated carbocycles. The third-order valence-corrected chi connectivity index (χ3v) is 7.06. The first-order valence-electron chi connectivity index (χ1n) is 12.7. The second-order valence-corrected chi connectivity index (χ2v) is 9.98. The van der Waals surface area contributed by atoms with Crippen molar-refractivity contribution in [1.29, 1.82) is 5.26 Å². The van der Waals surface area contributed by atoms with Gasteiger partial charge in [-0.15, -0.1) is 0 Å². The average Bonchev–Trinajstić information content (AvgIpc) is 3.42. The molecule has 2 aromatic heterocycles. The number of nitrogens with zero attached hydrogens (tertiary/aromatic N) is 6. The Morgan fingerprint density at radius 2 is 2.03 bits per heavy atom. The van der Waals surface area contributed by atoms with Gasteiger partial charge in [-0.3, -0.25) is 4.40 Å². The van der Waals surface area contributed by atoms with E-state index in [9.17, 15) is 15.2 Å². The predicted molar refractivity (Wildman–Crippen MR) is 144 cm³/mol. The number of imidazole rings is 1. The Kier molecular flexibility index (Phi) is 7.43. The number of ether oxygens (including phenoxy) is 1. The minimum atomic E-state index is -1.14. The quantitative estimate of drug-likeness (QED) is 0.363. The molecule has 1 N–H and O–H groups in total. The van der Waals surface area contributed by atoms with Gasteiger partial charge in [-0.2, -0.15) is 5.26 Å². The van der Waals surface area contributed by atoms with Crippen molar-refractivity contribution in [3.8, 4) is 34.5 Å². The average molecular weight is 529 g/mol. The highest BCUT2D eigenvalue weighted by Crippen LogP contribution is 2.36. The van der Waals surface area contributed by atoms with Crippen molar-refractivity contribution in [2.24, 2.45) is 5.92 Å². The largest absolute Gasteiger partial charge is 0.476 e. The molecule has 0 aliphatic carbocycles. The number of hydrogen-bond donors (Lipinski definition) is 1. The van der Waals surface area contributed by atoms with Crippen molar-refractivity contribution >= 4 is 11.6 Å². The lowest BCUT2D eigenvalue weighted by molar-refractivity contribution is 0.148. The maximum absolute atomic E-state index is 15.2. The van der Waals surface area contributed by atoms with E-state index >= 15 is 4.39 Å². The van der Waals surface area contributed by atoms with Gasteiger partial charge in [0.1, 0.15) is 11.3 Å². The molecular weight excluding hydrogens is 499 g/mol. The van der Waals surface area contributed by atoms with Crippen molar-refractivity contribution < 1.29 is 19.0 Å². The van der Waals surface area contributed by atoms with Gasteiger partial charge < -0.3 is 19.6 Å². The number of rotatable bonds is 7. The van der Waals surface area contributed by atoms with E-state index in [0.29, 0.717) is 46.4 Å². The molecule has 0 spiro atoms. The van der Waals surface area contributed by atoms with E-state index in [2.05, 4.69) is 23.0 Å². The zero-order chi connectivity index (χ0) is 27.5. The molecule has 9 nitrogen and oxygen atoms in total. The van der Waals surface area contributed by atoms with E-state index in [0.717, 1.165) is 36.4 Å². The molecule has 5 rings (SSSR count). The standard InChI is InChI=1S/C29H29FN6O3/c1-34-11-3-4-20(15-34)17-39-28-25-14-32-18-36(25)27(26(33-28)21-7-5-19(13-31)6-8-21)22-9-10-23(24(30)12-22)16-35(2)29(37)38/h5-10,12,14,18,20H,3-4,11,15-17H2,1-2H3,(H,37,38)/t20-/m1/s1. The molecule has 39 heavy (non-hydrogen) atoms. The van der Waals surface area contributed by atoms with Crippen LogP contribution >= 0.6 is 0 Å². The summed E-state index contributed by atoms with van der Waals surface area (Å²) < 4.78 is 23.3. The molecule has 10 heteroatoms. The molecule has 0 bridgehead atoms. The van der Waals surface area contributed by atoms with Crippen LogP contribution in [0.2, 0.25) is 0 Å². The van der Waals surface area contributed by atoms with Crippen molar-refractivity contribution in [2.45, 2.75) is 19.4 Å². The Bertz CT molecular complexity index is 1550. The number of nitriles is 1. The van der Waals surface area contributed by atoms with Crippen LogP contribution in [0.3, 0.4) is 0 Å². The fraction of sp³-hybridized carbons (Fsp3) is 0.310. The first-order valence-corrected chi connectivity index (χ1v) is 12.7. The molecular formula is C29H29FN6O3. The summed E-state index contributed by atoms with van der Waals surface area (Å²) in [6.07, 6.45) is 4.39. The van der Waals surface area contributed by atoms with Gasteiger partial charge in [-0.1, -0.05) is 24.3 Å². The van der Waals surface area contributed by atoms with Crippen LogP contribution in [0.25, 0.3) is 28.0 Å². The highest BCUT2D eigenvalue weighted by atomic mass is 19.1. The normalized spacial score (nSPS) is 15.7. The van der Waals surface area contributed by atoms with Crippen LogP contribution in [0.1, 0.15) is 24.0 Å². The van der Waals surface area contributed by atoms with Gasteiger partial charge in [0.15, 0.2) is 0 Å². The van der Waals surface area contributed by atoms with Gasteiger partial charge in [0.05, 0.1) is 48.7 Å². The summed E-state index contributed by atoms with van der Waals surface area (Å²) in [6.45, 7) is 2.48. The lowest BCUT2D eigenvalue weighted by Gasteiger charge is -2.29. The van der Waals surface area contributed by atoms with Crippen LogP contribution in [0, 0.1) is 23.1 Å². The zero-order valence-corrected chi connectivity index (χ0v) is 21.8. The first-order chi connectivity index (χ1) is 18.8. The second kappa shape index (κ2) is 11.1. The molecule has 1 aliphatic rings. The number of fused-ring (bicyclic) bond motifs is 1. The number of aromatic nitrogens is 3. The molecule has 1 aliphatic heterocycles. The smallest absolute Gasteiger partial charge is 0.407 e. The molecule has 1 atom stereocenters. The fourth-order valence-electron chi connectivity index (χ4n) is 5.00. The fourth-order valence-corrected chi connectivity index (χ4v) is 5.00. The molecule has 1 amide bonds. The molecule has 200 valence electrons. The van der Waals surface area contributed by atoms with E-state index in [4.69, 9.17) is 9.72 Å². The summed E-state index contributed by atoms with van der Waals surface area (Å²) in [7, 11) is 3.50. The monoisotopic (exact) mass is 528 g/mol. The van der Waals surface area contributed by atoms with E-state index in [1.54, 1.807) is 48.9 Å². The Morgan fingerprint density at radius 1 is 1.26 bits per heavy atom. The molecule has 0 unspecified atom stereocenters.